The SMILES string of the molecule is COCc1ccccc1NC(N)=NCC1(O)CCCC1.I. The lowest BCUT2D eigenvalue weighted by atomic mass is 10.0. The van der Waals surface area contributed by atoms with E-state index in [1.165, 1.54) is 0 Å². The van der Waals surface area contributed by atoms with Crippen LogP contribution in [0.15, 0.2) is 29.3 Å². The van der Waals surface area contributed by atoms with Crippen molar-refractivity contribution in [2.75, 3.05) is 19.0 Å². The van der Waals surface area contributed by atoms with Gasteiger partial charge in [-0.15, -0.1) is 24.0 Å². The van der Waals surface area contributed by atoms with Crippen LogP contribution in [-0.2, 0) is 11.3 Å². The molecular formula is C15H24IN3O2. The Morgan fingerprint density at radius 3 is 2.71 bits per heavy atom. The normalized spacial score (nSPS) is 17.3. The molecule has 0 amide bonds. The predicted octanol–water partition coefficient (Wildman–Crippen LogP) is 2.48. The van der Waals surface area contributed by atoms with Crippen LogP contribution in [-0.4, -0.2) is 30.3 Å². The minimum atomic E-state index is -0.668. The second kappa shape index (κ2) is 8.55. The summed E-state index contributed by atoms with van der Waals surface area (Å²) in [5.74, 6) is 0.328. The van der Waals surface area contributed by atoms with E-state index in [0.717, 1.165) is 36.9 Å². The topological polar surface area (TPSA) is 79.9 Å². The maximum absolute atomic E-state index is 10.2. The molecule has 1 aromatic rings. The second-order valence-electron chi connectivity index (χ2n) is 5.35. The molecule has 4 N–H and O–H groups in total. The highest BCUT2D eigenvalue weighted by molar-refractivity contribution is 14.0. The Hall–Kier alpha value is -0.860. The Labute approximate surface area is 143 Å². The number of ether oxygens (including phenoxy) is 1. The number of anilines is 1. The van der Waals surface area contributed by atoms with E-state index in [2.05, 4.69) is 10.3 Å². The van der Waals surface area contributed by atoms with Gasteiger partial charge in [0, 0.05) is 18.4 Å². The van der Waals surface area contributed by atoms with Crippen LogP contribution >= 0.6 is 24.0 Å². The van der Waals surface area contributed by atoms with Gasteiger partial charge in [-0.2, -0.15) is 0 Å². The van der Waals surface area contributed by atoms with Crippen LogP contribution in [0.5, 0.6) is 0 Å². The summed E-state index contributed by atoms with van der Waals surface area (Å²) in [4.78, 5) is 4.27. The number of nitrogens with zero attached hydrogens (tertiary/aromatic N) is 1. The number of halogens is 1. The molecule has 21 heavy (non-hydrogen) atoms. The van der Waals surface area contributed by atoms with Gasteiger partial charge >= 0.3 is 0 Å². The molecule has 118 valence electrons. The van der Waals surface area contributed by atoms with Crippen molar-refractivity contribution in [2.45, 2.75) is 37.9 Å². The first-order valence-electron chi connectivity index (χ1n) is 6.99. The van der Waals surface area contributed by atoms with Crippen molar-refractivity contribution in [2.24, 2.45) is 10.7 Å². The molecule has 1 aromatic carbocycles. The molecule has 2 rings (SSSR count). The fraction of sp³-hybridized carbons (Fsp3) is 0.533. The maximum Gasteiger partial charge on any atom is 0.193 e. The summed E-state index contributed by atoms with van der Waals surface area (Å²) in [5, 5.41) is 13.3. The van der Waals surface area contributed by atoms with Crippen LogP contribution in [0.25, 0.3) is 0 Å². The number of methoxy groups -OCH3 is 1. The number of hydrogen-bond donors (Lipinski definition) is 3. The number of hydrogen-bond acceptors (Lipinski definition) is 3. The molecule has 0 heterocycles. The van der Waals surface area contributed by atoms with Crippen LogP contribution in [0.1, 0.15) is 31.2 Å². The smallest absolute Gasteiger partial charge is 0.193 e. The summed E-state index contributed by atoms with van der Waals surface area (Å²) < 4.78 is 5.15. The highest BCUT2D eigenvalue weighted by Gasteiger charge is 2.30. The van der Waals surface area contributed by atoms with Crippen LogP contribution in [0.2, 0.25) is 0 Å². The Balaban J connectivity index is 0.00000220. The molecule has 0 aromatic heterocycles. The van der Waals surface area contributed by atoms with E-state index in [9.17, 15) is 5.11 Å². The van der Waals surface area contributed by atoms with Gasteiger partial charge in [0.2, 0.25) is 0 Å². The monoisotopic (exact) mass is 405 g/mol. The quantitative estimate of drug-likeness (QED) is 0.400. The molecule has 0 unspecified atom stereocenters. The third-order valence-corrected chi connectivity index (χ3v) is 3.66. The third kappa shape index (κ3) is 5.44. The molecule has 0 radical (unpaired) electrons. The molecule has 0 saturated heterocycles. The van der Waals surface area contributed by atoms with E-state index in [0.29, 0.717) is 19.1 Å². The van der Waals surface area contributed by atoms with Crippen molar-refractivity contribution in [1.82, 2.24) is 0 Å². The lowest BCUT2D eigenvalue weighted by Crippen LogP contribution is -2.31. The van der Waals surface area contributed by atoms with Gasteiger partial charge in [0.25, 0.3) is 0 Å². The number of nitrogens with two attached hydrogens (primary N) is 1. The van der Waals surface area contributed by atoms with Crippen LogP contribution in [0.3, 0.4) is 0 Å². The summed E-state index contributed by atoms with van der Waals surface area (Å²) in [6.07, 6.45) is 3.75. The number of aliphatic imine (C=N–C) groups is 1. The minimum absolute atomic E-state index is 0. The van der Waals surface area contributed by atoms with E-state index in [1.807, 2.05) is 24.3 Å². The summed E-state index contributed by atoms with van der Waals surface area (Å²) in [6, 6.07) is 7.79. The molecule has 0 aliphatic heterocycles. The van der Waals surface area contributed by atoms with Crippen molar-refractivity contribution in [1.29, 1.82) is 0 Å². The molecule has 0 atom stereocenters. The molecule has 1 aliphatic carbocycles. The van der Waals surface area contributed by atoms with E-state index in [-0.39, 0.29) is 24.0 Å². The third-order valence-electron chi connectivity index (χ3n) is 3.66. The van der Waals surface area contributed by atoms with E-state index in [4.69, 9.17) is 10.5 Å². The van der Waals surface area contributed by atoms with Gasteiger partial charge in [0.05, 0.1) is 18.8 Å². The Kier molecular flexibility index (Phi) is 7.41. The molecular weight excluding hydrogens is 381 g/mol. The number of rotatable bonds is 5. The minimum Gasteiger partial charge on any atom is -0.388 e. The van der Waals surface area contributed by atoms with Crippen molar-refractivity contribution in [3.8, 4) is 0 Å². The zero-order chi connectivity index (χ0) is 14.4. The van der Waals surface area contributed by atoms with Gasteiger partial charge < -0.3 is 20.9 Å². The number of nitrogens with one attached hydrogen (secondary N) is 1. The van der Waals surface area contributed by atoms with Gasteiger partial charge in [-0.25, -0.2) is 0 Å². The highest BCUT2D eigenvalue weighted by atomic mass is 127. The number of para-hydroxylation sites is 1. The predicted molar refractivity (Wildman–Crippen MR) is 96.1 cm³/mol. The summed E-state index contributed by atoms with van der Waals surface area (Å²) in [7, 11) is 1.66. The van der Waals surface area contributed by atoms with Gasteiger partial charge in [0.1, 0.15) is 0 Å². The molecule has 1 saturated carbocycles. The molecule has 0 bridgehead atoms. The fourth-order valence-electron chi connectivity index (χ4n) is 2.52. The summed E-state index contributed by atoms with van der Waals surface area (Å²) >= 11 is 0. The second-order valence-corrected chi connectivity index (χ2v) is 5.35. The van der Waals surface area contributed by atoms with Crippen molar-refractivity contribution >= 4 is 35.6 Å². The Morgan fingerprint density at radius 1 is 1.38 bits per heavy atom. The lowest BCUT2D eigenvalue weighted by molar-refractivity contribution is 0.0575. The molecule has 0 spiro atoms. The largest absolute Gasteiger partial charge is 0.388 e. The number of guanidine groups is 1. The summed E-state index contributed by atoms with van der Waals surface area (Å²) in [6.45, 7) is 0.874. The van der Waals surface area contributed by atoms with Gasteiger partial charge in [-0.05, 0) is 18.9 Å². The molecule has 1 fully saturated rings. The van der Waals surface area contributed by atoms with E-state index in [1.54, 1.807) is 7.11 Å². The van der Waals surface area contributed by atoms with Gasteiger partial charge in [-0.1, -0.05) is 31.0 Å². The van der Waals surface area contributed by atoms with Gasteiger partial charge in [-0.3, -0.25) is 4.99 Å². The Bertz CT molecular complexity index is 474. The number of benzene rings is 1. The highest BCUT2D eigenvalue weighted by Crippen LogP contribution is 2.29. The summed E-state index contributed by atoms with van der Waals surface area (Å²) in [5.41, 5.74) is 7.13. The zero-order valence-corrected chi connectivity index (χ0v) is 14.7. The number of aliphatic hydroxyl groups is 1. The fourth-order valence-corrected chi connectivity index (χ4v) is 2.52. The average Bonchev–Trinajstić information content (AvgIpc) is 2.87. The van der Waals surface area contributed by atoms with Crippen molar-refractivity contribution in [3.63, 3.8) is 0 Å². The van der Waals surface area contributed by atoms with Crippen molar-refractivity contribution < 1.29 is 9.84 Å². The van der Waals surface area contributed by atoms with Crippen LogP contribution in [0.4, 0.5) is 5.69 Å². The zero-order valence-electron chi connectivity index (χ0n) is 12.3. The van der Waals surface area contributed by atoms with E-state index < -0.39 is 5.60 Å². The molecule has 5 nitrogen and oxygen atoms in total. The Morgan fingerprint density at radius 2 is 2.05 bits per heavy atom. The van der Waals surface area contributed by atoms with E-state index >= 15 is 0 Å². The first-order valence-corrected chi connectivity index (χ1v) is 6.99. The van der Waals surface area contributed by atoms with Crippen LogP contribution in [0, 0.1) is 0 Å². The molecule has 1 aliphatic rings. The first kappa shape index (κ1) is 18.2. The average molecular weight is 405 g/mol. The van der Waals surface area contributed by atoms with Gasteiger partial charge in [0.15, 0.2) is 5.96 Å². The maximum atomic E-state index is 10.2. The lowest BCUT2D eigenvalue weighted by Gasteiger charge is -2.19. The standard InChI is InChI=1S/C15H23N3O2.HI/c1-20-10-12-6-2-3-7-13(12)18-14(16)17-11-15(19)8-4-5-9-15;/h2-3,6-7,19H,4-5,8-11H2,1H3,(H3,16,17,18);1H. The van der Waals surface area contributed by atoms with Crippen LogP contribution < -0.4 is 11.1 Å². The first-order chi connectivity index (χ1) is 9.63. The van der Waals surface area contributed by atoms with Crippen molar-refractivity contribution in [3.05, 3.63) is 29.8 Å². The molecule has 6 heteroatoms.